The molecule has 0 aromatic heterocycles. The fraction of sp³-hybridized carbons (Fsp3) is 0.500. The number of aryl methyl sites for hydroxylation is 1. The Balaban J connectivity index is 0.000000211. The van der Waals surface area contributed by atoms with E-state index >= 15 is 0 Å². The Morgan fingerprint density at radius 1 is 0.737 bits per heavy atom. The zero-order valence-corrected chi connectivity index (χ0v) is 21.8. The summed E-state index contributed by atoms with van der Waals surface area (Å²) in [5, 5.41) is 0. The predicted octanol–water partition coefficient (Wildman–Crippen LogP) is 6.74. The zero-order chi connectivity index (χ0) is 28.4. The Bertz CT molecular complexity index is 1160. The number of carbonyl (C=O) groups is 2. The van der Waals surface area contributed by atoms with Crippen molar-refractivity contribution in [2.45, 2.75) is 63.0 Å². The standard InChI is InChI=1S/2C14H16F3NO/c1-18(2)12-8-4-5-9-10(12)6-3-7-11(9)13(19)14(15,16)17;1-18(2)12-5-3-4-9-6-7-10(8-11(9)12)13(19)14(15,16)17/h3,6-7,12H,4-5,8H2,1-2H3;6-8,12H,3-5H2,1-2H3. The lowest BCUT2D eigenvalue weighted by Gasteiger charge is -2.31. The van der Waals surface area contributed by atoms with Crippen LogP contribution < -0.4 is 0 Å². The van der Waals surface area contributed by atoms with E-state index in [4.69, 9.17) is 0 Å². The van der Waals surface area contributed by atoms with Crippen molar-refractivity contribution in [1.82, 2.24) is 9.80 Å². The van der Waals surface area contributed by atoms with Crippen LogP contribution in [0.3, 0.4) is 0 Å². The number of halogens is 6. The van der Waals surface area contributed by atoms with E-state index in [-0.39, 0.29) is 23.2 Å². The fourth-order valence-corrected chi connectivity index (χ4v) is 5.34. The zero-order valence-electron chi connectivity index (χ0n) is 21.8. The van der Waals surface area contributed by atoms with E-state index in [0.29, 0.717) is 12.0 Å². The van der Waals surface area contributed by atoms with Gasteiger partial charge in [-0.1, -0.05) is 30.3 Å². The highest BCUT2D eigenvalue weighted by atomic mass is 19.4. The molecule has 10 heteroatoms. The lowest BCUT2D eigenvalue weighted by molar-refractivity contribution is -0.0888. The number of hydrogen-bond donors (Lipinski definition) is 0. The van der Waals surface area contributed by atoms with E-state index in [0.717, 1.165) is 48.8 Å². The van der Waals surface area contributed by atoms with Crippen LogP contribution in [0.15, 0.2) is 36.4 Å². The maximum absolute atomic E-state index is 12.6. The van der Waals surface area contributed by atoms with Crippen LogP contribution in [0.5, 0.6) is 0 Å². The number of rotatable bonds is 4. The van der Waals surface area contributed by atoms with Crippen molar-refractivity contribution < 1.29 is 35.9 Å². The summed E-state index contributed by atoms with van der Waals surface area (Å²) < 4.78 is 75.2. The minimum atomic E-state index is -4.81. The smallest absolute Gasteiger partial charge is 0.302 e. The van der Waals surface area contributed by atoms with Crippen LogP contribution >= 0.6 is 0 Å². The van der Waals surface area contributed by atoms with Gasteiger partial charge in [-0.05, 0) is 95.0 Å². The number of benzene rings is 2. The molecule has 4 rings (SSSR count). The third-order valence-electron chi connectivity index (χ3n) is 7.17. The molecule has 0 bridgehead atoms. The first kappa shape index (κ1) is 29.8. The summed E-state index contributed by atoms with van der Waals surface area (Å²) in [7, 11) is 7.60. The largest absolute Gasteiger partial charge is 0.454 e. The normalized spacial score (nSPS) is 19.4. The van der Waals surface area contributed by atoms with Crippen LogP contribution in [0, 0.1) is 0 Å². The third-order valence-corrected chi connectivity index (χ3v) is 7.17. The third kappa shape index (κ3) is 6.64. The summed E-state index contributed by atoms with van der Waals surface area (Å²) in [6.45, 7) is 0. The van der Waals surface area contributed by atoms with Crippen molar-refractivity contribution in [3.05, 3.63) is 69.8 Å². The summed E-state index contributed by atoms with van der Waals surface area (Å²) in [6.07, 6.45) is -4.58. The Kier molecular flexibility index (Phi) is 9.08. The highest BCUT2D eigenvalue weighted by molar-refractivity contribution is 6.02. The average Bonchev–Trinajstić information content (AvgIpc) is 2.85. The second-order valence-electron chi connectivity index (χ2n) is 10.2. The maximum atomic E-state index is 12.6. The Hall–Kier alpha value is -2.72. The molecule has 0 N–H and O–H groups in total. The number of fused-ring (bicyclic) bond motifs is 2. The summed E-state index contributed by atoms with van der Waals surface area (Å²) >= 11 is 0. The summed E-state index contributed by atoms with van der Waals surface area (Å²) in [5.41, 5.74) is 2.87. The highest BCUT2D eigenvalue weighted by Crippen LogP contribution is 2.37. The van der Waals surface area contributed by atoms with Crippen LogP contribution in [-0.2, 0) is 12.8 Å². The van der Waals surface area contributed by atoms with E-state index in [1.807, 2.05) is 44.1 Å². The molecule has 2 atom stereocenters. The minimum Gasteiger partial charge on any atom is -0.302 e. The van der Waals surface area contributed by atoms with Crippen molar-refractivity contribution in [2.24, 2.45) is 0 Å². The molecule has 2 aliphatic rings. The van der Waals surface area contributed by atoms with Gasteiger partial charge in [0.25, 0.3) is 11.6 Å². The molecule has 0 fully saturated rings. The van der Waals surface area contributed by atoms with Gasteiger partial charge in [-0.25, -0.2) is 0 Å². The Morgan fingerprint density at radius 3 is 1.84 bits per heavy atom. The first-order valence-electron chi connectivity index (χ1n) is 12.4. The van der Waals surface area contributed by atoms with Gasteiger partial charge in [-0.2, -0.15) is 26.3 Å². The molecule has 0 heterocycles. The molecule has 0 saturated heterocycles. The van der Waals surface area contributed by atoms with Gasteiger partial charge < -0.3 is 9.80 Å². The number of alkyl halides is 6. The first-order valence-corrected chi connectivity index (χ1v) is 12.4. The summed E-state index contributed by atoms with van der Waals surface area (Å²) in [5.74, 6) is -3.50. The minimum absolute atomic E-state index is 0.0877. The van der Waals surface area contributed by atoms with Gasteiger partial charge in [0, 0.05) is 23.2 Å². The van der Waals surface area contributed by atoms with Gasteiger partial charge in [0.15, 0.2) is 0 Å². The number of carbonyl (C=O) groups excluding carboxylic acids is 2. The predicted molar refractivity (Wildman–Crippen MR) is 132 cm³/mol. The molecule has 208 valence electrons. The molecule has 0 radical (unpaired) electrons. The molecule has 0 spiro atoms. The van der Waals surface area contributed by atoms with Crippen LogP contribution in [0.4, 0.5) is 26.3 Å². The maximum Gasteiger partial charge on any atom is 0.454 e. The van der Waals surface area contributed by atoms with Crippen LogP contribution in [0.2, 0.25) is 0 Å². The number of nitrogens with zero attached hydrogens (tertiary/aromatic N) is 2. The molecule has 4 nitrogen and oxygen atoms in total. The van der Waals surface area contributed by atoms with Gasteiger partial charge in [-0.3, -0.25) is 9.59 Å². The highest BCUT2D eigenvalue weighted by Gasteiger charge is 2.41. The molecule has 2 aromatic rings. The van der Waals surface area contributed by atoms with Gasteiger partial charge in [0.2, 0.25) is 0 Å². The van der Waals surface area contributed by atoms with Crippen molar-refractivity contribution in [1.29, 1.82) is 0 Å². The monoisotopic (exact) mass is 542 g/mol. The second kappa shape index (κ2) is 11.6. The quantitative estimate of drug-likeness (QED) is 0.317. The van der Waals surface area contributed by atoms with E-state index in [2.05, 4.69) is 0 Å². The van der Waals surface area contributed by atoms with E-state index in [1.165, 1.54) is 18.2 Å². The van der Waals surface area contributed by atoms with E-state index in [1.54, 1.807) is 12.1 Å². The lowest BCUT2D eigenvalue weighted by Crippen LogP contribution is -2.28. The summed E-state index contributed by atoms with van der Waals surface area (Å²) in [6, 6.07) is 9.18. The van der Waals surface area contributed by atoms with Crippen LogP contribution in [0.1, 0.15) is 80.7 Å². The Morgan fingerprint density at radius 2 is 1.29 bits per heavy atom. The molecule has 2 aromatic carbocycles. The second-order valence-corrected chi connectivity index (χ2v) is 10.2. The molecule has 0 saturated carbocycles. The number of ketones is 2. The topological polar surface area (TPSA) is 40.6 Å². The van der Waals surface area contributed by atoms with Crippen LogP contribution in [0.25, 0.3) is 0 Å². The molecule has 0 aliphatic heterocycles. The van der Waals surface area contributed by atoms with Gasteiger partial charge >= 0.3 is 12.4 Å². The van der Waals surface area contributed by atoms with Crippen molar-refractivity contribution in [3.63, 3.8) is 0 Å². The van der Waals surface area contributed by atoms with Gasteiger partial charge in [-0.15, -0.1) is 0 Å². The molecular formula is C28H32F6N2O2. The first-order chi connectivity index (χ1) is 17.6. The number of Topliss-reactive ketones (excluding diaryl/α,β-unsaturated/α-hetero) is 2. The fourth-order valence-electron chi connectivity index (χ4n) is 5.34. The number of hydrogen-bond acceptors (Lipinski definition) is 4. The van der Waals surface area contributed by atoms with Crippen molar-refractivity contribution >= 4 is 11.6 Å². The lowest BCUT2D eigenvalue weighted by atomic mass is 9.83. The molecular weight excluding hydrogens is 510 g/mol. The van der Waals surface area contributed by atoms with E-state index < -0.39 is 23.9 Å². The molecule has 38 heavy (non-hydrogen) atoms. The molecule has 2 unspecified atom stereocenters. The molecule has 2 aliphatic carbocycles. The average molecular weight is 543 g/mol. The van der Waals surface area contributed by atoms with E-state index in [9.17, 15) is 35.9 Å². The van der Waals surface area contributed by atoms with Crippen LogP contribution in [-0.4, -0.2) is 61.9 Å². The molecule has 0 amide bonds. The summed E-state index contributed by atoms with van der Waals surface area (Å²) in [4.78, 5) is 26.7. The SMILES string of the molecule is CN(C)C1CCCc2c(C(=O)C(F)(F)F)cccc21.CN(C)C1CCCc2ccc(C(=O)C(F)(F)F)cc21. The van der Waals surface area contributed by atoms with Crippen molar-refractivity contribution in [2.75, 3.05) is 28.2 Å². The van der Waals surface area contributed by atoms with Crippen molar-refractivity contribution in [3.8, 4) is 0 Å². The van der Waals surface area contributed by atoms with Gasteiger partial charge in [0.1, 0.15) is 0 Å². The van der Waals surface area contributed by atoms with Gasteiger partial charge in [0.05, 0.1) is 0 Å². The Labute approximate surface area is 218 Å².